The number of hydrogen-bond donors (Lipinski definition) is 2. The fraction of sp³-hybridized carbons (Fsp3) is 0.862. The summed E-state index contributed by atoms with van der Waals surface area (Å²) in [4.78, 5) is 0. The van der Waals surface area contributed by atoms with E-state index in [1.807, 2.05) is 0 Å². The Kier molecular flexibility index (Phi) is 6.09. The van der Waals surface area contributed by atoms with Crippen LogP contribution in [0, 0.1) is 45.8 Å². The van der Waals surface area contributed by atoms with E-state index >= 15 is 0 Å². The molecule has 3 saturated carbocycles. The van der Waals surface area contributed by atoms with Gasteiger partial charge in [0.2, 0.25) is 0 Å². The molecular formula is C29H48O2. The molecular weight excluding hydrogens is 380 g/mol. The Hall–Kier alpha value is -0.600. The fourth-order valence-corrected chi connectivity index (χ4v) is 9.15. The summed E-state index contributed by atoms with van der Waals surface area (Å²) in [5, 5.41) is 22.2. The van der Waals surface area contributed by atoms with Gasteiger partial charge in [0.15, 0.2) is 0 Å². The van der Waals surface area contributed by atoms with E-state index in [2.05, 4.69) is 60.6 Å². The molecule has 0 saturated heterocycles. The van der Waals surface area contributed by atoms with Gasteiger partial charge in [0.25, 0.3) is 0 Å². The Labute approximate surface area is 191 Å². The highest BCUT2D eigenvalue weighted by Crippen LogP contribution is 2.68. The smallest absolute Gasteiger partial charge is 0.0757 e. The van der Waals surface area contributed by atoms with Gasteiger partial charge in [0, 0.05) is 5.41 Å². The molecule has 0 aromatic rings. The molecule has 4 aliphatic rings. The third-order valence-corrected chi connectivity index (χ3v) is 10.9. The zero-order valence-corrected chi connectivity index (χ0v) is 21.2. The van der Waals surface area contributed by atoms with Crippen molar-refractivity contribution in [3.63, 3.8) is 0 Å². The molecule has 0 radical (unpaired) electrons. The Bertz CT molecular complexity index is 744. The Morgan fingerprint density at radius 1 is 1.03 bits per heavy atom. The first-order valence-electron chi connectivity index (χ1n) is 13.1. The van der Waals surface area contributed by atoms with E-state index in [9.17, 15) is 10.2 Å². The first-order chi connectivity index (χ1) is 14.4. The molecule has 9 atom stereocenters. The van der Waals surface area contributed by atoms with Gasteiger partial charge in [-0.2, -0.15) is 0 Å². The lowest BCUT2D eigenvalue weighted by molar-refractivity contribution is -0.111. The average molecular weight is 429 g/mol. The number of aliphatic hydroxyl groups excluding tert-OH is 2. The van der Waals surface area contributed by atoms with Gasteiger partial charge in [-0.1, -0.05) is 57.9 Å². The monoisotopic (exact) mass is 428 g/mol. The second-order valence-corrected chi connectivity index (χ2v) is 13.1. The summed E-state index contributed by atoms with van der Waals surface area (Å²) in [5.41, 5.74) is 3.07. The fourth-order valence-electron chi connectivity index (χ4n) is 9.15. The molecule has 0 aliphatic heterocycles. The molecule has 3 fully saturated rings. The molecule has 4 rings (SSSR count). The van der Waals surface area contributed by atoms with Crippen molar-refractivity contribution in [1.29, 1.82) is 0 Å². The van der Waals surface area contributed by atoms with Crippen LogP contribution in [0.25, 0.3) is 0 Å². The van der Waals surface area contributed by atoms with Crippen LogP contribution in [0.2, 0.25) is 0 Å². The van der Waals surface area contributed by atoms with E-state index in [1.54, 1.807) is 0 Å². The van der Waals surface area contributed by atoms with Gasteiger partial charge in [-0.15, -0.1) is 0 Å². The van der Waals surface area contributed by atoms with E-state index in [0.717, 1.165) is 24.7 Å². The van der Waals surface area contributed by atoms with Crippen LogP contribution in [0.15, 0.2) is 23.3 Å². The molecule has 0 aromatic heterocycles. The molecule has 0 aromatic carbocycles. The van der Waals surface area contributed by atoms with E-state index in [-0.39, 0.29) is 23.0 Å². The molecule has 2 N–H and O–H groups in total. The van der Waals surface area contributed by atoms with Crippen LogP contribution in [0.4, 0.5) is 0 Å². The second-order valence-electron chi connectivity index (χ2n) is 13.1. The van der Waals surface area contributed by atoms with Crippen molar-refractivity contribution >= 4 is 0 Å². The van der Waals surface area contributed by atoms with Gasteiger partial charge >= 0.3 is 0 Å². The topological polar surface area (TPSA) is 40.5 Å². The van der Waals surface area contributed by atoms with Crippen LogP contribution in [-0.2, 0) is 0 Å². The molecule has 0 heterocycles. The zero-order chi connectivity index (χ0) is 22.8. The van der Waals surface area contributed by atoms with Gasteiger partial charge in [-0.25, -0.2) is 0 Å². The summed E-state index contributed by atoms with van der Waals surface area (Å²) >= 11 is 0. The summed E-state index contributed by atoms with van der Waals surface area (Å²) in [5.74, 6) is 3.15. The maximum absolute atomic E-state index is 11.5. The molecule has 0 bridgehead atoms. The van der Waals surface area contributed by atoms with Crippen LogP contribution in [0.5, 0.6) is 0 Å². The van der Waals surface area contributed by atoms with Gasteiger partial charge in [0.05, 0.1) is 12.2 Å². The number of fused-ring (bicyclic) bond motifs is 5. The largest absolute Gasteiger partial charge is 0.392 e. The summed E-state index contributed by atoms with van der Waals surface area (Å²) in [6, 6.07) is 0. The van der Waals surface area contributed by atoms with Gasteiger partial charge in [-0.05, 0) is 106 Å². The third-order valence-electron chi connectivity index (χ3n) is 10.9. The van der Waals surface area contributed by atoms with Gasteiger partial charge in [0.1, 0.15) is 0 Å². The first kappa shape index (κ1) is 23.6. The number of hydrogen-bond acceptors (Lipinski definition) is 2. The van der Waals surface area contributed by atoms with Crippen LogP contribution < -0.4 is 0 Å². The maximum Gasteiger partial charge on any atom is 0.0757 e. The van der Waals surface area contributed by atoms with Gasteiger partial charge < -0.3 is 10.2 Å². The summed E-state index contributed by atoms with van der Waals surface area (Å²) in [6.07, 6.45) is 13.6. The number of allylic oxidation sites excluding steroid dienone is 2. The van der Waals surface area contributed by atoms with Crippen LogP contribution in [0.1, 0.15) is 99.8 Å². The van der Waals surface area contributed by atoms with E-state index in [4.69, 9.17) is 0 Å². The minimum absolute atomic E-state index is 0.140. The standard InChI is InChI=1S/C29H48O2/c1-18(2)9-8-10-19(3)20-11-12-21-26-22(13-15-28(20,21)6)29(7)16-14-25(31)27(4,5)24(29)17-23(26)30/h9,17,19-23,25-26,30-31H,8,10-16H2,1-7H3/t19-,20-,21+,22+,23+,25+,26+,28-,29-/m1/s1. The van der Waals surface area contributed by atoms with Crippen molar-refractivity contribution in [2.75, 3.05) is 0 Å². The Morgan fingerprint density at radius 2 is 1.74 bits per heavy atom. The van der Waals surface area contributed by atoms with Crippen LogP contribution >= 0.6 is 0 Å². The Morgan fingerprint density at radius 3 is 2.42 bits per heavy atom. The number of rotatable bonds is 4. The molecule has 2 nitrogen and oxygen atoms in total. The highest BCUT2D eigenvalue weighted by Gasteiger charge is 2.63. The SMILES string of the molecule is CC(C)=CCC[C@@H](C)[C@H]1CC[C@H]2[C@@H]3[C@@H](O)C=C4C(C)(C)[C@@H](O)CC[C@]4(C)[C@H]3CC[C@]12C. The van der Waals surface area contributed by atoms with E-state index in [1.165, 1.54) is 49.7 Å². The highest BCUT2D eigenvalue weighted by molar-refractivity contribution is 5.33. The normalized spacial score (nSPS) is 46.9. The van der Waals surface area contributed by atoms with Crippen LogP contribution in [0.3, 0.4) is 0 Å². The van der Waals surface area contributed by atoms with Crippen molar-refractivity contribution < 1.29 is 10.2 Å². The summed E-state index contributed by atoms with van der Waals surface area (Å²) in [7, 11) is 0. The van der Waals surface area contributed by atoms with E-state index < -0.39 is 0 Å². The highest BCUT2D eigenvalue weighted by atomic mass is 16.3. The molecule has 176 valence electrons. The lowest BCUT2D eigenvalue weighted by atomic mass is 9.43. The Balaban J connectivity index is 1.61. The zero-order valence-electron chi connectivity index (χ0n) is 21.2. The lowest BCUT2D eigenvalue weighted by Gasteiger charge is -2.62. The molecule has 0 unspecified atom stereocenters. The maximum atomic E-state index is 11.5. The predicted octanol–water partition coefficient (Wildman–Crippen LogP) is 6.92. The third kappa shape index (κ3) is 3.59. The quantitative estimate of drug-likeness (QED) is 0.477. The van der Waals surface area contributed by atoms with Crippen LogP contribution in [-0.4, -0.2) is 22.4 Å². The van der Waals surface area contributed by atoms with Crippen molar-refractivity contribution in [3.8, 4) is 0 Å². The summed E-state index contributed by atoms with van der Waals surface area (Å²) < 4.78 is 0. The van der Waals surface area contributed by atoms with E-state index in [0.29, 0.717) is 23.2 Å². The minimum Gasteiger partial charge on any atom is -0.392 e. The van der Waals surface area contributed by atoms with Crippen molar-refractivity contribution in [2.24, 2.45) is 45.8 Å². The number of aliphatic hydroxyl groups is 2. The first-order valence-corrected chi connectivity index (χ1v) is 13.1. The predicted molar refractivity (Wildman–Crippen MR) is 130 cm³/mol. The minimum atomic E-state index is -0.345. The van der Waals surface area contributed by atoms with Crippen molar-refractivity contribution in [3.05, 3.63) is 23.3 Å². The summed E-state index contributed by atoms with van der Waals surface area (Å²) in [6.45, 7) is 16.3. The lowest BCUT2D eigenvalue weighted by Crippen LogP contribution is -2.58. The van der Waals surface area contributed by atoms with Crippen molar-refractivity contribution in [2.45, 2.75) is 112 Å². The van der Waals surface area contributed by atoms with Gasteiger partial charge in [-0.3, -0.25) is 0 Å². The van der Waals surface area contributed by atoms with Crippen molar-refractivity contribution in [1.82, 2.24) is 0 Å². The molecule has 0 amide bonds. The second kappa shape index (κ2) is 8.01. The molecule has 2 heteroatoms. The average Bonchev–Trinajstić information content (AvgIpc) is 3.04. The molecule has 4 aliphatic carbocycles. The molecule has 0 spiro atoms. The molecule has 31 heavy (non-hydrogen) atoms.